The second-order valence-corrected chi connectivity index (χ2v) is 6.27. The van der Waals surface area contributed by atoms with Gasteiger partial charge in [0.15, 0.2) is 0 Å². The number of nitrogens with zero attached hydrogens (tertiary/aromatic N) is 2. The predicted molar refractivity (Wildman–Crippen MR) is 88.1 cm³/mol. The van der Waals surface area contributed by atoms with Crippen LogP contribution in [0.3, 0.4) is 0 Å². The number of pyridine rings is 1. The highest BCUT2D eigenvalue weighted by Gasteiger charge is 2.44. The first kappa shape index (κ1) is 18.8. The van der Waals surface area contributed by atoms with Gasteiger partial charge >= 0.3 is 6.18 Å². The van der Waals surface area contributed by atoms with E-state index in [1.165, 1.54) is 30.1 Å². The van der Waals surface area contributed by atoms with Crippen LogP contribution < -0.4 is 5.32 Å². The summed E-state index contributed by atoms with van der Waals surface area (Å²) in [5.41, 5.74) is -0.353. The summed E-state index contributed by atoms with van der Waals surface area (Å²) in [7, 11) is 1.52. The second-order valence-electron chi connectivity index (χ2n) is 6.27. The van der Waals surface area contributed by atoms with Gasteiger partial charge < -0.3 is 10.2 Å². The molecule has 1 fully saturated rings. The van der Waals surface area contributed by atoms with E-state index in [1.807, 2.05) is 0 Å². The molecule has 0 radical (unpaired) electrons. The number of aromatic nitrogens is 1. The number of nitrogens with one attached hydrogen (secondary N) is 1. The maximum Gasteiger partial charge on any atom is 0.416 e. The largest absolute Gasteiger partial charge is 0.416 e. The Labute approximate surface area is 152 Å². The van der Waals surface area contributed by atoms with Crippen molar-refractivity contribution in [2.45, 2.75) is 12.1 Å². The zero-order chi connectivity index (χ0) is 19.8. The Hall–Kier alpha value is -2.97. The highest BCUT2D eigenvalue weighted by Crippen LogP contribution is 2.36. The van der Waals surface area contributed by atoms with Gasteiger partial charge in [-0.3, -0.25) is 9.59 Å². The lowest BCUT2D eigenvalue weighted by Crippen LogP contribution is -2.33. The number of carbonyl (C=O) groups excluding carboxylic acids is 2. The van der Waals surface area contributed by atoms with Crippen LogP contribution in [0, 0.1) is 11.7 Å². The Kier molecular flexibility index (Phi) is 4.86. The summed E-state index contributed by atoms with van der Waals surface area (Å²) in [6.07, 6.45) is -3.54. The van der Waals surface area contributed by atoms with E-state index >= 15 is 0 Å². The van der Waals surface area contributed by atoms with Gasteiger partial charge in [0.05, 0.1) is 11.8 Å². The van der Waals surface area contributed by atoms with Crippen LogP contribution in [-0.2, 0) is 15.8 Å². The Morgan fingerprint density at radius 2 is 1.85 bits per heavy atom. The number of benzene rings is 1. The first-order valence-corrected chi connectivity index (χ1v) is 8.01. The SMILES string of the molecule is CN1C[C@H](c2ccc(C(F)(F)F)cc2)[C@@H](C(=O)Nc2ccc(F)cn2)C1=O. The maximum atomic E-state index is 12.9. The standard InChI is InChI=1S/C18H15F4N3O2/c1-25-9-13(10-2-4-11(5-3-10)18(20,21)22)15(17(25)27)16(26)24-14-7-6-12(19)8-23-14/h2-8,13,15H,9H2,1H3,(H,23,24,26)/t13-,15+/m1/s1. The molecule has 1 N–H and O–H groups in total. The van der Waals surface area contributed by atoms with Gasteiger partial charge in [0.1, 0.15) is 17.6 Å². The van der Waals surface area contributed by atoms with Gasteiger partial charge in [-0.1, -0.05) is 12.1 Å². The molecular weight excluding hydrogens is 366 g/mol. The van der Waals surface area contributed by atoms with Crippen molar-refractivity contribution in [1.29, 1.82) is 0 Å². The van der Waals surface area contributed by atoms with Crippen molar-refractivity contribution >= 4 is 17.6 Å². The Bertz CT molecular complexity index is 850. The number of amides is 2. The molecule has 0 saturated carbocycles. The monoisotopic (exact) mass is 381 g/mol. The molecule has 2 atom stereocenters. The van der Waals surface area contributed by atoms with Crippen molar-refractivity contribution < 1.29 is 27.2 Å². The molecule has 9 heteroatoms. The van der Waals surface area contributed by atoms with Crippen molar-refractivity contribution in [3.63, 3.8) is 0 Å². The number of likely N-dealkylation sites (tertiary alicyclic amines) is 1. The van der Waals surface area contributed by atoms with Gasteiger partial charge in [0.2, 0.25) is 11.8 Å². The van der Waals surface area contributed by atoms with E-state index in [0.29, 0.717) is 5.56 Å². The van der Waals surface area contributed by atoms with Crippen LogP contribution in [0.4, 0.5) is 23.4 Å². The molecule has 1 aliphatic heterocycles. The number of halogens is 4. The molecule has 142 valence electrons. The van der Waals surface area contributed by atoms with Crippen molar-refractivity contribution in [1.82, 2.24) is 9.88 Å². The summed E-state index contributed by atoms with van der Waals surface area (Å²) in [5, 5.41) is 2.45. The number of anilines is 1. The van der Waals surface area contributed by atoms with Crippen LogP contribution in [0.15, 0.2) is 42.6 Å². The molecule has 3 rings (SSSR count). The molecule has 27 heavy (non-hydrogen) atoms. The van der Waals surface area contributed by atoms with Crippen LogP contribution in [-0.4, -0.2) is 35.3 Å². The van der Waals surface area contributed by atoms with E-state index in [0.717, 1.165) is 24.4 Å². The maximum absolute atomic E-state index is 12.9. The van der Waals surface area contributed by atoms with Crippen LogP contribution in [0.5, 0.6) is 0 Å². The fourth-order valence-corrected chi connectivity index (χ4v) is 3.07. The fraction of sp³-hybridized carbons (Fsp3) is 0.278. The quantitative estimate of drug-likeness (QED) is 0.657. The number of likely N-dealkylation sites (N-methyl/N-ethyl adjacent to an activating group) is 1. The van der Waals surface area contributed by atoms with Gasteiger partial charge in [0, 0.05) is 19.5 Å². The number of hydrogen-bond donors (Lipinski definition) is 1. The van der Waals surface area contributed by atoms with Crippen LogP contribution in [0.1, 0.15) is 17.0 Å². The minimum atomic E-state index is -4.47. The summed E-state index contributed by atoms with van der Waals surface area (Å²) in [6, 6.07) is 6.76. The van der Waals surface area contributed by atoms with Crippen molar-refractivity contribution in [3.8, 4) is 0 Å². The minimum Gasteiger partial charge on any atom is -0.344 e. The zero-order valence-electron chi connectivity index (χ0n) is 14.1. The van der Waals surface area contributed by atoms with Gasteiger partial charge in [-0.15, -0.1) is 0 Å². The van der Waals surface area contributed by atoms with Crippen molar-refractivity contribution in [3.05, 3.63) is 59.5 Å². The molecule has 1 aliphatic rings. The third-order valence-corrected chi connectivity index (χ3v) is 4.44. The lowest BCUT2D eigenvalue weighted by molar-refractivity contribution is -0.138. The van der Waals surface area contributed by atoms with Gasteiger partial charge in [-0.25, -0.2) is 9.37 Å². The van der Waals surface area contributed by atoms with Crippen LogP contribution in [0.25, 0.3) is 0 Å². The Morgan fingerprint density at radius 1 is 1.19 bits per heavy atom. The Balaban J connectivity index is 1.84. The molecule has 0 spiro atoms. The molecule has 0 aliphatic carbocycles. The first-order chi connectivity index (χ1) is 12.7. The lowest BCUT2D eigenvalue weighted by atomic mass is 9.87. The third kappa shape index (κ3) is 3.91. The molecule has 1 aromatic heterocycles. The number of rotatable bonds is 3. The normalized spacial score (nSPS) is 20.0. The zero-order valence-corrected chi connectivity index (χ0v) is 14.1. The van der Waals surface area contributed by atoms with E-state index in [9.17, 15) is 27.2 Å². The minimum absolute atomic E-state index is 0.0786. The average molecular weight is 381 g/mol. The number of hydrogen-bond acceptors (Lipinski definition) is 3. The topological polar surface area (TPSA) is 62.3 Å². The lowest BCUT2D eigenvalue weighted by Gasteiger charge is -2.17. The summed E-state index contributed by atoms with van der Waals surface area (Å²) in [4.78, 5) is 30.1. The summed E-state index contributed by atoms with van der Waals surface area (Å²) in [5.74, 6) is -3.31. The molecule has 0 bridgehead atoms. The summed E-state index contributed by atoms with van der Waals surface area (Å²) >= 11 is 0. The van der Waals surface area contributed by atoms with Gasteiger partial charge in [-0.05, 0) is 29.8 Å². The van der Waals surface area contributed by atoms with E-state index in [-0.39, 0.29) is 12.4 Å². The second kappa shape index (κ2) is 6.98. The predicted octanol–water partition coefficient (Wildman–Crippen LogP) is 3.05. The smallest absolute Gasteiger partial charge is 0.344 e. The van der Waals surface area contributed by atoms with E-state index < -0.39 is 41.2 Å². The van der Waals surface area contributed by atoms with Crippen molar-refractivity contribution in [2.75, 3.05) is 18.9 Å². The Morgan fingerprint density at radius 3 is 2.41 bits per heavy atom. The van der Waals surface area contributed by atoms with Crippen LogP contribution >= 0.6 is 0 Å². The molecule has 2 amide bonds. The summed E-state index contributed by atoms with van der Waals surface area (Å²) in [6.45, 7) is 0.194. The van der Waals surface area contributed by atoms with Gasteiger partial charge in [0.25, 0.3) is 0 Å². The van der Waals surface area contributed by atoms with E-state index in [1.54, 1.807) is 0 Å². The summed E-state index contributed by atoms with van der Waals surface area (Å²) < 4.78 is 51.1. The highest BCUT2D eigenvalue weighted by molar-refractivity contribution is 6.08. The number of carbonyl (C=O) groups is 2. The molecule has 1 saturated heterocycles. The van der Waals surface area contributed by atoms with Gasteiger partial charge in [-0.2, -0.15) is 13.2 Å². The van der Waals surface area contributed by atoms with E-state index in [4.69, 9.17) is 0 Å². The van der Waals surface area contributed by atoms with E-state index in [2.05, 4.69) is 10.3 Å². The first-order valence-electron chi connectivity index (χ1n) is 8.01. The molecule has 2 aromatic rings. The molecule has 2 heterocycles. The van der Waals surface area contributed by atoms with Crippen LogP contribution in [0.2, 0.25) is 0 Å². The average Bonchev–Trinajstić information content (AvgIpc) is 2.91. The fourth-order valence-electron chi connectivity index (χ4n) is 3.07. The number of alkyl halides is 3. The van der Waals surface area contributed by atoms with Crippen molar-refractivity contribution in [2.24, 2.45) is 5.92 Å². The molecule has 0 unspecified atom stereocenters. The molecule has 1 aromatic carbocycles. The highest BCUT2D eigenvalue weighted by atomic mass is 19.4. The molecule has 5 nitrogen and oxygen atoms in total. The third-order valence-electron chi connectivity index (χ3n) is 4.44. The molecular formula is C18H15F4N3O2.